The van der Waals surface area contributed by atoms with E-state index in [1.165, 1.54) is 23.0 Å². The molecule has 0 saturated carbocycles. The molecule has 110 valence electrons. The van der Waals surface area contributed by atoms with E-state index in [-0.39, 0.29) is 0 Å². The lowest BCUT2D eigenvalue weighted by Gasteiger charge is -2.11. The second-order valence-electron chi connectivity index (χ2n) is 4.82. The number of ether oxygens (including phenoxy) is 1. The summed E-state index contributed by atoms with van der Waals surface area (Å²) >= 11 is 1.42. The SMILES string of the molecule is Cc1cc(C)c(C)c(OCc2ncc(/C=C/C(=O)O)s2)c1. The normalized spacial score (nSPS) is 11.0. The molecule has 21 heavy (non-hydrogen) atoms. The van der Waals surface area contributed by atoms with Gasteiger partial charge in [-0.2, -0.15) is 0 Å². The Kier molecular flexibility index (Phi) is 4.75. The fraction of sp³-hybridized carbons (Fsp3) is 0.250. The molecular formula is C16H17NO3S. The monoisotopic (exact) mass is 303 g/mol. The van der Waals surface area contributed by atoms with E-state index in [0.29, 0.717) is 6.61 Å². The molecule has 0 bridgehead atoms. The van der Waals surface area contributed by atoms with Crippen LogP contribution in [0.5, 0.6) is 5.75 Å². The number of aliphatic carboxylic acids is 1. The molecule has 0 saturated heterocycles. The number of benzene rings is 1. The van der Waals surface area contributed by atoms with Crippen molar-refractivity contribution in [1.29, 1.82) is 0 Å². The van der Waals surface area contributed by atoms with Gasteiger partial charge in [0.25, 0.3) is 0 Å². The van der Waals surface area contributed by atoms with Gasteiger partial charge in [0.1, 0.15) is 17.4 Å². The minimum absolute atomic E-state index is 0.384. The summed E-state index contributed by atoms with van der Waals surface area (Å²) in [5.74, 6) is -0.0996. The molecule has 2 rings (SSSR count). The van der Waals surface area contributed by atoms with Gasteiger partial charge >= 0.3 is 5.97 Å². The van der Waals surface area contributed by atoms with Crippen LogP contribution in [-0.2, 0) is 11.4 Å². The third-order valence-electron chi connectivity index (χ3n) is 3.08. The maximum absolute atomic E-state index is 10.5. The highest BCUT2D eigenvalue weighted by molar-refractivity contribution is 7.12. The van der Waals surface area contributed by atoms with Crippen molar-refractivity contribution in [3.05, 3.63) is 51.0 Å². The molecule has 0 radical (unpaired) electrons. The van der Waals surface area contributed by atoms with Crippen molar-refractivity contribution in [2.24, 2.45) is 0 Å². The fourth-order valence-corrected chi connectivity index (χ4v) is 2.65. The molecule has 5 heteroatoms. The van der Waals surface area contributed by atoms with Crippen LogP contribution in [-0.4, -0.2) is 16.1 Å². The van der Waals surface area contributed by atoms with Crippen LogP contribution < -0.4 is 4.74 Å². The number of aromatic nitrogens is 1. The molecule has 1 aromatic carbocycles. The quantitative estimate of drug-likeness (QED) is 0.855. The largest absolute Gasteiger partial charge is 0.486 e. The van der Waals surface area contributed by atoms with E-state index in [0.717, 1.165) is 32.8 Å². The number of hydrogen-bond donors (Lipinski definition) is 1. The predicted molar refractivity (Wildman–Crippen MR) is 83.8 cm³/mol. The van der Waals surface area contributed by atoms with E-state index in [9.17, 15) is 4.79 Å². The zero-order chi connectivity index (χ0) is 15.4. The van der Waals surface area contributed by atoms with Gasteiger partial charge in [-0.05, 0) is 49.6 Å². The maximum Gasteiger partial charge on any atom is 0.328 e. The number of carboxylic acid groups (broad SMARTS) is 1. The molecular weight excluding hydrogens is 286 g/mol. The molecule has 2 aromatic rings. The van der Waals surface area contributed by atoms with Crippen LogP contribution in [0.15, 0.2) is 24.4 Å². The molecule has 0 amide bonds. The zero-order valence-electron chi connectivity index (χ0n) is 12.2. The van der Waals surface area contributed by atoms with Gasteiger partial charge in [-0.3, -0.25) is 0 Å². The van der Waals surface area contributed by atoms with Crippen LogP contribution in [0.25, 0.3) is 6.08 Å². The molecule has 1 aromatic heterocycles. The van der Waals surface area contributed by atoms with Gasteiger partial charge in [-0.25, -0.2) is 9.78 Å². The van der Waals surface area contributed by atoms with Crippen LogP contribution in [0.1, 0.15) is 26.6 Å². The summed E-state index contributed by atoms with van der Waals surface area (Å²) in [6.45, 7) is 6.52. The van der Waals surface area contributed by atoms with Crippen LogP contribution in [0.2, 0.25) is 0 Å². The van der Waals surface area contributed by atoms with Gasteiger partial charge in [0.2, 0.25) is 0 Å². The van der Waals surface area contributed by atoms with Crippen LogP contribution in [0.3, 0.4) is 0 Å². The van der Waals surface area contributed by atoms with E-state index >= 15 is 0 Å². The van der Waals surface area contributed by atoms with E-state index in [2.05, 4.69) is 18.0 Å². The molecule has 0 atom stereocenters. The average Bonchev–Trinajstić information content (AvgIpc) is 2.87. The lowest BCUT2D eigenvalue weighted by atomic mass is 10.1. The number of carboxylic acids is 1. The first kappa shape index (κ1) is 15.3. The highest BCUT2D eigenvalue weighted by atomic mass is 32.1. The Morgan fingerprint density at radius 3 is 2.86 bits per heavy atom. The summed E-state index contributed by atoms with van der Waals surface area (Å²) in [7, 11) is 0. The van der Waals surface area contributed by atoms with Crippen molar-refractivity contribution in [1.82, 2.24) is 4.98 Å². The van der Waals surface area contributed by atoms with Crippen molar-refractivity contribution in [2.45, 2.75) is 27.4 Å². The summed E-state index contributed by atoms with van der Waals surface area (Å²) in [6.07, 6.45) is 4.29. The molecule has 4 nitrogen and oxygen atoms in total. The van der Waals surface area contributed by atoms with Crippen LogP contribution in [0.4, 0.5) is 0 Å². The predicted octanol–water partition coefficient (Wildman–Crippen LogP) is 3.75. The smallest absolute Gasteiger partial charge is 0.328 e. The minimum atomic E-state index is -0.966. The number of aryl methyl sites for hydroxylation is 2. The van der Waals surface area contributed by atoms with Gasteiger partial charge < -0.3 is 9.84 Å². The third-order valence-corrected chi connectivity index (χ3v) is 4.01. The summed E-state index contributed by atoms with van der Waals surface area (Å²) in [5, 5.41) is 9.41. The average molecular weight is 303 g/mol. The summed E-state index contributed by atoms with van der Waals surface area (Å²) in [4.78, 5) is 15.5. The Balaban J connectivity index is 2.05. The van der Waals surface area contributed by atoms with Gasteiger partial charge in [0, 0.05) is 17.2 Å². The second kappa shape index (κ2) is 6.54. The van der Waals surface area contributed by atoms with Crippen molar-refractivity contribution in [3.8, 4) is 5.75 Å². The zero-order valence-corrected chi connectivity index (χ0v) is 13.0. The Hall–Kier alpha value is -2.14. The number of rotatable bonds is 5. The van der Waals surface area contributed by atoms with E-state index < -0.39 is 5.97 Å². The van der Waals surface area contributed by atoms with Crippen LogP contribution in [0, 0.1) is 20.8 Å². The number of nitrogens with zero attached hydrogens (tertiary/aromatic N) is 1. The number of thiazole rings is 1. The Labute approximate surface area is 127 Å². The number of hydrogen-bond acceptors (Lipinski definition) is 4. The van der Waals surface area contributed by atoms with Crippen molar-refractivity contribution >= 4 is 23.4 Å². The third kappa shape index (κ3) is 4.16. The maximum atomic E-state index is 10.5. The molecule has 1 heterocycles. The van der Waals surface area contributed by atoms with Gasteiger partial charge in [-0.1, -0.05) is 6.07 Å². The standard InChI is InChI=1S/C16H17NO3S/c1-10-6-11(2)12(3)14(7-10)20-9-15-17-8-13(21-15)4-5-16(18)19/h4-8H,9H2,1-3H3,(H,18,19)/b5-4+. The minimum Gasteiger partial charge on any atom is -0.486 e. The van der Waals surface area contributed by atoms with Crippen molar-refractivity contribution in [3.63, 3.8) is 0 Å². The Morgan fingerprint density at radius 2 is 2.14 bits per heavy atom. The second-order valence-corrected chi connectivity index (χ2v) is 5.97. The first-order chi connectivity index (χ1) is 9.95. The van der Waals surface area contributed by atoms with Gasteiger partial charge in [-0.15, -0.1) is 11.3 Å². The highest BCUT2D eigenvalue weighted by Gasteiger charge is 2.06. The van der Waals surface area contributed by atoms with Gasteiger partial charge in [0.15, 0.2) is 0 Å². The molecule has 1 N–H and O–H groups in total. The molecule has 0 fully saturated rings. The summed E-state index contributed by atoms with van der Waals surface area (Å²) < 4.78 is 5.83. The lowest BCUT2D eigenvalue weighted by Crippen LogP contribution is -1.98. The van der Waals surface area contributed by atoms with Crippen molar-refractivity contribution < 1.29 is 14.6 Å². The summed E-state index contributed by atoms with van der Waals surface area (Å²) in [5.41, 5.74) is 3.50. The molecule has 0 unspecified atom stereocenters. The number of carbonyl (C=O) groups is 1. The van der Waals surface area contributed by atoms with E-state index in [4.69, 9.17) is 9.84 Å². The lowest BCUT2D eigenvalue weighted by molar-refractivity contribution is -0.131. The molecule has 0 aliphatic carbocycles. The summed E-state index contributed by atoms with van der Waals surface area (Å²) in [6, 6.07) is 4.14. The fourth-order valence-electron chi connectivity index (χ4n) is 1.91. The van der Waals surface area contributed by atoms with E-state index in [1.807, 2.05) is 19.9 Å². The topological polar surface area (TPSA) is 59.4 Å². The first-order valence-electron chi connectivity index (χ1n) is 6.52. The van der Waals surface area contributed by atoms with E-state index in [1.54, 1.807) is 6.20 Å². The first-order valence-corrected chi connectivity index (χ1v) is 7.33. The molecule has 0 aliphatic heterocycles. The highest BCUT2D eigenvalue weighted by Crippen LogP contribution is 2.25. The molecule has 0 aliphatic rings. The Morgan fingerprint density at radius 1 is 1.38 bits per heavy atom. The van der Waals surface area contributed by atoms with Gasteiger partial charge in [0.05, 0.1) is 0 Å². The van der Waals surface area contributed by atoms with Crippen molar-refractivity contribution in [2.75, 3.05) is 0 Å². The van der Waals surface area contributed by atoms with Crippen LogP contribution >= 0.6 is 11.3 Å². The molecule has 0 spiro atoms. The Bertz CT molecular complexity index is 689.